The predicted octanol–water partition coefficient (Wildman–Crippen LogP) is 3.60. The highest BCUT2D eigenvalue weighted by atomic mass is 19.1. The van der Waals surface area contributed by atoms with E-state index in [9.17, 15) is 14.0 Å². The summed E-state index contributed by atoms with van der Waals surface area (Å²) in [6, 6.07) is 10.9. The Balaban J connectivity index is 1.55. The van der Waals surface area contributed by atoms with Crippen molar-refractivity contribution in [3.8, 4) is 5.75 Å². The largest absolute Gasteiger partial charge is 0.481 e. The number of rotatable bonds is 4. The van der Waals surface area contributed by atoms with Gasteiger partial charge in [0.15, 0.2) is 6.10 Å². The molecule has 6 heteroatoms. The number of benzene rings is 2. The van der Waals surface area contributed by atoms with Crippen molar-refractivity contribution in [2.45, 2.75) is 32.4 Å². The highest BCUT2D eigenvalue weighted by molar-refractivity contribution is 6.04. The molecule has 2 amide bonds. The fourth-order valence-electron chi connectivity index (χ4n) is 3.28. The van der Waals surface area contributed by atoms with Crippen LogP contribution in [0.2, 0.25) is 0 Å². The Morgan fingerprint density at radius 1 is 1.26 bits per heavy atom. The third-order valence-corrected chi connectivity index (χ3v) is 4.91. The van der Waals surface area contributed by atoms with Crippen LogP contribution in [0.4, 0.5) is 10.1 Å². The van der Waals surface area contributed by atoms with Crippen molar-refractivity contribution in [3.63, 3.8) is 0 Å². The van der Waals surface area contributed by atoms with Crippen LogP contribution in [0.3, 0.4) is 0 Å². The Kier molecular flexibility index (Phi) is 4.56. The van der Waals surface area contributed by atoms with Gasteiger partial charge in [-0.05, 0) is 62.1 Å². The number of ether oxygens (including phenoxy) is 1. The molecule has 140 valence electrons. The predicted molar refractivity (Wildman–Crippen MR) is 99.0 cm³/mol. The molecule has 2 aromatic carbocycles. The van der Waals surface area contributed by atoms with Crippen molar-refractivity contribution in [1.29, 1.82) is 0 Å². The highest BCUT2D eigenvalue weighted by Crippen LogP contribution is 2.33. The smallest absolute Gasteiger partial charge is 0.263 e. The van der Waals surface area contributed by atoms with Crippen molar-refractivity contribution in [3.05, 3.63) is 59.4 Å². The Morgan fingerprint density at radius 2 is 2.07 bits per heavy atom. The molecule has 2 aromatic rings. The summed E-state index contributed by atoms with van der Waals surface area (Å²) in [7, 11) is 0. The normalized spacial score (nSPS) is 19.1. The van der Waals surface area contributed by atoms with E-state index < -0.39 is 11.9 Å². The van der Waals surface area contributed by atoms with Gasteiger partial charge in [0.2, 0.25) is 0 Å². The van der Waals surface area contributed by atoms with E-state index in [1.54, 1.807) is 25.1 Å². The zero-order chi connectivity index (χ0) is 19.0. The van der Waals surface area contributed by atoms with Crippen molar-refractivity contribution >= 4 is 17.5 Å². The average molecular weight is 368 g/mol. The van der Waals surface area contributed by atoms with Gasteiger partial charge in [0, 0.05) is 29.9 Å². The number of nitrogens with zero attached hydrogens (tertiary/aromatic N) is 1. The van der Waals surface area contributed by atoms with Crippen LogP contribution >= 0.6 is 0 Å². The van der Waals surface area contributed by atoms with Crippen LogP contribution in [0.25, 0.3) is 0 Å². The molecule has 1 aliphatic carbocycles. The van der Waals surface area contributed by atoms with Gasteiger partial charge in [-0.1, -0.05) is 6.07 Å². The van der Waals surface area contributed by atoms with Crippen LogP contribution in [-0.4, -0.2) is 29.4 Å². The summed E-state index contributed by atoms with van der Waals surface area (Å²) in [4.78, 5) is 26.7. The molecule has 27 heavy (non-hydrogen) atoms. The van der Waals surface area contributed by atoms with E-state index in [4.69, 9.17) is 4.74 Å². The molecule has 1 heterocycles. The van der Waals surface area contributed by atoms with Gasteiger partial charge in [0.05, 0.1) is 0 Å². The van der Waals surface area contributed by atoms with E-state index in [1.165, 1.54) is 18.2 Å². The number of amides is 2. The zero-order valence-corrected chi connectivity index (χ0v) is 15.1. The summed E-state index contributed by atoms with van der Waals surface area (Å²) in [5.41, 5.74) is 1.69. The quantitative estimate of drug-likeness (QED) is 0.897. The van der Waals surface area contributed by atoms with Gasteiger partial charge in [-0.3, -0.25) is 9.59 Å². The first-order valence-corrected chi connectivity index (χ1v) is 9.15. The summed E-state index contributed by atoms with van der Waals surface area (Å²) in [5, 5.41) is 2.78. The number of fused-ring (bicyclic) bond motifs is 1. The molecule has 1 saturated carbocycles. The molecule has 1 N–H and O–H groups in total. The second-order valence-electron chi connectivity index (χ2n) is 7.21. The number of hydrogen-bond acceptors (Lipinski definition) is 3. The number of carbonyl (C=O) groups is 2. The van der Waals surface area contributed by atoms with Gasteiger partial charge in [-0.2, -0.15) is 0 Å². The minimum Gasteiger partial charge on any atom is -0.481 e. The molecule has 1 atom stereocenters. The fourth-order valence-corrected chi connectivity index (χ4v) is 3.28. The third kappa shape index (κ3) is 3.94. The van der Waals surface area contributed by atoms with E-state index in [0.29, 0.717) is 23.9 Å². The lowest BCUT2D eigenvalue weighted by Crippen LogP contribution is -2.39. The van der Waals surface area contributed by atoms with Crippen molar-refractivity contribution < 1.29 is 18.7 Å². The van der Waals surface area contributed by atoms with Crippen molar-refractivity contribution in [2.75, 3.05) is 11.9 Å². The van der Waals surface area contributed by atoms with Crippen LogP contribution in [0.15, 0.2) is 42.5 Å². The molecule has 0 saturated heterocycles. The molecule has 4 rings (SSSR count). The lowest BCUT2D eigenvalue weighted by atomic mass is 10.1. The lowest BCUT2D eigenvalue weighted by Gasteiger charge is -2.22. The number of hydrogen-bond donors (Lipinski definition) is 1. The number of nitrogens with one attached hydrogen (secondary N) is 1. The second kappa shape index (κ2) is 7.02. The molecule has 0 bridgehead atoms. The zero-order valence-electron chi connectivity index (χ0n) is 15.1. The first-order valence-electron chi connectivity index (χ1n) is 9.15. The molecule has 0 spiro atoms. The van der Waals surface area contributed by atoms with Gasteiger partial charge < -0.3 is 15.0 Å². The summed E-state index contributed by atoms with van der Waals surface area (Å²) >= 11 is 0. The molecular weight excluding hydrogens is 347 g/mol. The third-order valence-electron chi connectivity index (χ3n) is 4.91. The average Bonchev–Trinajstić information content (AvgIpc) is 3.47. The van der Waals surface area contributed by atoms with Crippen molar-refractivity contribution in [1.82, 2.24) is 4.90 Å². The van der Waals surface area contributed by atoms with Gasteiger partial charge in [0.25, 0.3) is 11.8 Å². The summed E-state index contributed by atoms with van der Waals surface area (Å²) < 4.78 is 19.1. The first-order chi connectivity index (χ1) is 13.0. The maximum atomic E-state index is 13.3. The Bertz CT molecular complexity index is 895. The molecule has 1 fully saturated rings. The SMILES string of the molecule is CC1Oc2ccc(NC(=O)c3cccc(F)c3)cc2CN(CC2CC2)C1=O. The van der Waals surface area contributed by atoms with E-state index in [0.717, 1.165) is 24.9 Å². The Morgan fingerprint density at radius 3 is 2.81 bits per heavy atom. The van der Waals surface area contributed by atoms with Gasteiger partial charge in [-0.15, -0.1) is 0 Å². The van der Waals surface area contributed by atoms with E-state index in [2.05, 4.69) is 5.32 Å². The van der Waals surface area contributed by atoms with Crippen LogP contribution in [0.5, 0.6) is 5.75 Å². The Labute approximate surface area is 157 Å². The number of anilines is 1. The highest BCUT2D eigenvalue weighted by Gasteiger charge is 2.32. The number of halogens is 1. The van der Waals surface area contributed by atoms with Gasteiger partial charge in [0.1, 0.15) is 11.6 Å². The lowest BCUT2D eigenvalue weighted by molar-refractivity contribution is -0.137. The maximum Gasteiger partial charge on any atom is 0.263 e. The first kappa shape index (κ1) is 17.5. The summed E-state index contributed by atoms with van der Waals surface area (Å²) in [5.74, 6) is 0.379. The topological polar surface area (TPSA) is 58.6 Å². The molecule has 0 aromatic heterocycles. The molecule has 2 aliphatic rings. The van der Waals surface area contributed by atoms with Crippen LogP contribution < -0.4 is 10.1 Å². The minimum absolute atomic E-state index is 0.0107. The summed E-state index contributed by atoms with van der Waals surface area (Å²) in [6.45, 7) is 2.96. The molecular formula is C21H21FN2O3. The summed E-state index contributed by atoms with van der Waals surface area (Å²) in [6.07, 6.45) is 1.79. The van der Waals surface area contributed by atoms with E-state index >= 15 is 0 Å². The van der Waals surface area contributed by atoms with Crippen LogP contribution in [0.1, 0.15) is 35.7 Å². The monoisotopic (exact) mass is 368 g/mol. The molecule has 1 unspecified atom stereocenters. The fraction of sp³-hybridized carbons (Fsp3) is 0.333. The number of carbonyl (C=O) groups excluding carboxylic acids is 2. The standard InChI is InChI=1S/C21H21FN2O3/c1-13-21(26)24(11-14-5-6-14)12-16-10-18(7-8-19(16)27-13)23-20(25)15-3-2-4-17(22)9-15/h2-4,7-10,13-14H,5-6,11-12H2,1H3,(H,23,25). The van der Waals surface area contributed by atoms with E-state index in [1.807, 2.05) is 11.0 Å². The van der Waals surface area contributed by atoms with Crippen molar-refractivity contribution in [2.24, 2.45) is 5.92 Å². The second-order valence-corrected chi connectivity index (χ2v) is 7.21. The maximum absolute atomic E-state index is 13.3. The van der Waals surface area contributed by atoms with E-state index in [-0.39, 0.29) is 17.4 Å². The Hall–Kier alpha value is -2.89. The van der Waals surface area contributed by atoms with Crippen LogP contribution in [-0.2, 0) is 11.3 Å². The molecule has 1 aliphatic heterocycles. The van der Waals surface area contributed by atoms with Crippen LogP contribution in [0, 0.1) is 11.7 Å². The van der Waals surface area contributed by atoms with Gasteiger partial charge >= 0.3 is 0 Å². The molecule has 0 radical (unpaired) electrons. The minimum atomic E-state index is -0.530. The van der Waals surface area contributed by atoms with Gasteiger partial charge in [-0.25, -0.2) is 4.39 Å². The molecule has 5 nitrogen and oxygen atoms in total.